The van der Waals surface area contributed by atoms with Gasteiger partial charge in [0.2, 0.25) is 0 Å². The molecule has 0 fully saturated rings. The number of phenols is 1. The number of aromatic hydroxyl groups is 1. The maximum atomic E-state index is 12.1. The van der Waals surface area contributed by atoms with Crippen LogP contribution in [0.5, 0.6) is 5.75 Å². The summed E-state index contributed by atoms with van der Waals surface area (Å²) in [5.74, 6) is -0.714. The first-order valence-electron chi connectivity index (χ1n) is 12.9. The Labute approximate surface area is 225 Å². The number of unbranched alkanes of at least 4 members (excludes halogenated alkanes) is 4. The molecule has 0 radical (unpaired) electrons. The van der Waals surface area contributed by atoms with E-state index in [1.54, 1.807) is 24.3 Å². The lowest BCUT2D eigenvalue weighted by molar-refractivity contribution is -0.144. The summed E-state index contributed by atoms with van der Waals surface area (Å²) in [6.07, 6.45) is 5.86. The molecule has 0 heterocycles. The molecule has 0 saturated heterocycles. The fourth-order valence-electron chi connectivity index (χ4n) is 3.77. The Balaban J connectivity index is 1.47. The first-order chi connectivity index (χ1) is 18.2. The van der Waals surface area contributed by atoms with Gasteiger partial charge in [0.05, 0.1) is 17.6 Å². The molecule has 212 valence electrons. The molecule has 0 aliphatic rings. The van der Waals surface area contributed by atoms with Crippen LogP contribution in [0.4, 0.5) is 0 Å². The molecular formula is C27H40N2O8S. The van der Waals surface area contributed by atoms with Gasteiger partial charge in [0.25, 0.3) is 10.0 Å². The van der Waals surface area contributed by atoms with Gasteiger partial charge in [0.1, 0.15) is 5.75 Å². The molecule has 0 spiro atoms. The van der Waals surface area contributed by atoms with Crippen LogP contribution in [0.3, 0.4) is 0 Å². The van der Waals surface area contributed by atoms with Gasteiger partial charge in [-0.25, -0.2) is 8.42 Å². The predicted octanol–water partition coefficient (Wildman–Crippen LogP) is 2.86. The number of sulfonamides is 1. The monoisotopic (exact) mass is 552 g/mol. The van der Waals surface area contributed by atoms with Crippen molar-refractivity contribution in [2.75, 3.05) is 26.3 Å². The highest BCUT2D eigenvalue weighted by Gasteiger charge is 2.16. The van der Waals surface area contributed by atoms with E-state index in [0.717, 1.165) is 64.0 Å². The van der Waals surface area contributed by atoms with Gasteiger partial charge in [-0.15, -0.1) is 0 Å². The summed E-state index contributed by atoms with van der Waals surface area (Å²) in [7, 11) is -3.90. The highest BCUT2D eigenvalue weighted by molar-refractivity contribution is 7.89. The second-order valence-corrected chi connectivity index (χ2v) is 10.7. The Hall–Kier alpha value is -2.54. The molecule has 0 aliphatic heterocycles. The summed E-state index contributed by atoms with van der Waals surface area (Å²) >= 11 is 0. The third kappa shape index (κ3) is 11.9. The second kappa shape index (κ2) is 17.1. The van der Waals surface area contributed by atoms with Gasteiger partial charge >= 0.3 is 5.97 Å². The first kappa shape index (κ1) is 31.7. The lowest BCUT2D eigenvalue weighted by Gasteiger charge is -2.14. The molecule has 0 saturated carbocycles. The van der Waals surface area contributed by atoms with E-state index in [1.807, 2.05) is 11.0 Å². The number of rotatable bonds is 19. The van der Waals surface area contributed by atoms with E-state index in [2.05, 4.69) is 10.2 Å². The summed E-state index contributed by atoms with van der Waals surface area (Å²) in [6, 6.07) is 11.3. The summed E-state index contributed by atoms with van der Waals surface area (Å²) in [5.41, 5.74) is 1.94. The average Bonchev–Trinajstić information content (AvgIpc) is 2.90. The number of benzene rings is 2. The van der Waals surface area contributed by atoms with E-state index < -0.39 is 22.1 Å². The molecule has 0 amide bonds. The zero-order chi connectivity index (χ0) is 27.8. The van der Waals surface area contributed by atoms with Crippen molar-refractivity contribution < 1.29 is 38.1 Å². The maximum absolute atomic E-state index is 12.1. The molecule has 38 heavy (non-hydrogen) atoms. The van der Waals surface area contributed by atoms with Gasteiger partial charge < -0.3 is 30.2 Å². The van der Waals surface area contributed by atoms with Gasteiger partial charge in [0.15, 0.2) is 0 Å². The largest absolute Gasteiger partial charge is 0.508 e. The zero-order valence-electron chi connectivity index (χ0n) is 21.9. The van der Waals surface area contributed by atoms with Crippen LogP contribution in [0.1, 0.15) is 68.2 Å². The number of hydrogen-bond donors (Lipinski definition) is 5. The van der Waals surface area contributed by atoms with E-state index in [1.165, 1.54) is 12.1 Å². The molecule has 2 aromatic carbocycles. The number of carbonyl (C=O) groups is 1. The minimum atomic E-state index is -3.90. The SMILES string of the molecule is CC(=O)ONS(=O)(=O)c1cccc(CCCCOCCCCCCNC[C@@H](O)c2ccc(O)c(CO)c2)c1. The van der Waals surface area contributed by atoms with Crippen LogP contribution in [0, 0.1) is 0 Å². The summed E-state index contributed by atoms with van der Waals surface area (Å²) in [4.78, 5) is 17.1. The Bertz CT molecular complexity index is 1090. The number of aliphatic hydroxyl groups is 2. The van der Waals surface area contributed by atoms with E-state index in [4.69, 9.17) is 4.74 Å². The molecule has 0 unspecified atom stereocenters. The van der Waals surface area contributed by atoms with Crippen molar-refractivity contribution >= 4 is 16.0 Å². The quantitative estimate of drug-likeness (QED) is 0.131. The fraction of sp³-hybridized carbons (Fsp3) is 0.519. The van der Waals surface area contributed by atoms with Crippen molar-refractivity contribution in [1.82, 2.24) is 10.2 Å². The van der Waals surface area contributed by atoms with E-state index >= 15 is 0 Å². The smallest absolute Gasteiger partial charge is 0.323 e. The van der Waals surface area contributed by atoms with Crippen LogP contribution in [0.2, 0.25) is 0 Å². The van der Waals surface area contributed by atoms with E-state index in [-0.39, 0.29) is 17.3 Å². The molecule has 0 aromatic heterocycles. The summed E-state index contributed by atoms with van der Waals surface area (Å²) in [6.45, 7) is 3.41. The van der Waals surface area contributed by atoms with Crippen LogP contribution in [-0.2, 0) is 37.4 Å². The number of aliphatic hydroxyl groups excluding tert-OH is 2. The number of nitrogens with one attached hydrogen (secondary N) is 2. The molecule has 2 aromatic rings. The molecule has 0 bridgehead atoms. The van der Waals surface area contributed by atoms with E-state index in [9.17, 15) is 28.5 Å². The maximum Gasteiger partial charge on any atom is 0.323 e. The molecule has 5 N–H and O–H groups in total. The van der Waals surface area contributed by atoms with Crippen molar-refractivity contribution in [3.8, 4) is 5.75 Å². The van der Waals surface area contributed by atoms with Crippen LogP contribution in [0.15, 0.2) is 47.4 Å². The van der Waals surface area contributed by atoms with Crippen LogP contribution in [-0.4, -0.2) is 56.0 Å². The standard InChI is InChI=1S/C27H40N2O8S/c1-21(31)37-29-38(34,35)25-11-8-10-22(17-25)9-4-7-16-36-15-6-3-2-5-14-28-19-27(33)23-12-13-26(32)24(18-23)20-30/h8,10-13,17-18,27-30,32-33H,2-7,9,14-16,19-20H2,1H3/t27-/m1/s1. The first-order valence-corrected chi connectivity index (χ1v) is 14.4. The molecule has 11 heteroatoms. The second-order valence-electron chi connectivity index (χ2n) is 9.08. The topological polar surface area (TPSA) is 154 Å². The van der Waals surface area contributed by atoms with Gasteiger partial charge in [-0.2, -0.15) is 0 Å². The third-order valence-corrected chi connectivity index (χ3v) is 7.07. The van der Waals surface area contributed by atoms with Crippen LogP contribution in [0.25, 0.3) is 0 Å². The molecule has 0 aliphatic carbocycles. The Morgan fingerprint density at radius 2 is 1.74 bits per heavy atom. The van der Waals surface area contributed by atoms with Crippen LogP contribution >= 0.6 is 0 Å². The van der Waals surface area contributed by atoms with Crippen molar-refractivity contribution in [3.05, 3.63) is 59.2 Å². The van der Waals surface area contributed by atoms with Crippen molar-refractivity contribution in [3.63, 3.8) is 0 Å². The Kier molecular flexibility index (Phi) is 14.3. The molecule has 2 rings (SSSR count). The lowest BCUT2D eigenvalue weighted by atomic mass is 10.1. The van der Waals surface area contributed by atoms with Crippen molar-refractivity contribution in [2.24, 2.45) is 0 Å². The minimum absolute atomic E-state index is 0.0223. The number of carbonyl (C=O) groups excluding carboxylic acids is 1. The zero-order valence-corrected chi connectivity index (χ0v) is 22.7. The van der Waals surface area contributed by atoms with E-state index in [0.29, 0.717) is 30.9 Å². The number of ether oxygens (including phenoxy) is 1. The van der Waals surface area contributed by atoms with Gasteiger partial charge in [-0.1, -0.05) is 31.0 Å². The third-order valence-electron chi connectivity index (χ3n) is 5.90. The number of hydrogen-bond acceptors (Lipinski definition) is 9. The highest BCUT2D eigenvalue weighted by Crippen LogP contribution is 2.22. The fourth-order valence-corrected chi connectivity index (χ4v) is 4.66. The van der Waals surface area contributed by atoms with Crippen molar-refractivity contribution in [1.29, 1.82) is 0 Å². The average molecular weight is 553 g/mol. The molecule has 10 nitrogen and oxygen atoms in total. The van der Waals surface area contributed by atoms with Gasteiger partial charge in [-0.3, -0.25) is 4.79 Å². The predicted molar refractivity (Wildman–Crippen MR) is 143 cm³/mol. The molecular weight excluding hydrogens is 512 g/mol. The Morgan fingerprint density at radius 1 is 1.00 bits per heavy atom. The van der Waals surface area contributed by atoms with Crippen LogP contribution < -0.4 is 10.2 Å². The van der Waals surface area contributed by atoms with Crippen molar-refractivity contribution in [2.45, 2.75) is 69.5 Å². The summed E-state index contributed by atoms with van der Waals surface area (Å²) in [5, 5.41) is 32.3. The highest BCUT2D eigenvalue weighted by atomic mass is 32.2. The Morgan fingerprint density at radius 3 is 2.47 bits per heavy atom. The normalized spacial score (nSPS) is 12.4. The lowest BCUT2D eigenvalue weighted by Crippen LogP contribution is -2.26. The van der Waals surface area contributed by atoms with Gasteiger partial charge in [0, 0.05) is 32.2 Å². The minimum Gasteiger partial charge on any atom is -0.508 e. The molecule has 1 atom stereocenters. The number of aryl methyl sites for hydroxylation is 1. The van der Waals surface area contributed by atoms with Gasteiger partial charge in [-0.05, 0) is 78.9 Å². The summed E-state index contributed by atoms with van der Waals surface area (Å²) < 4.78 is 30.0.